The predicted molar refractivity (Wildman–Crippen MR) is 101 cm³/mol. The van der Waals surface area contributed by atoms with Crippen LogP contribution in [0.3, 0.4) is 0 Å². The Labute approximate surface area is 159 Å². The molecule has 1 amide bonds. The Hall–Kier alpha value is -0.720. The number of nitrogens with one attached hydrogen (secondary N) is 2. The van der Waals surface area contributed by atoms with Crippen LogP contribution in [-0.2, 0) is 4.79 Å². The maximum atomic E-state index is 12.1. The van der Waals surface area contributed by atoms with Crippen molar-refractivity contribution in [1.29, 1.82) is 0 Å². The first-order valence-corrected chi connectivity index (χ1v) is 8.65. The van der Waals surface area contributed by atoms with Gasteiger partial charge >= 0.3 is 0 Å². The summed E-state index contributed by atoms with van der Waals surface area (Å²) in [7, 11) is 0. The minimum Gasteiger partial charge on any atom is -0.479 e. The van der Waals surface area contributed by atoms with Crippen LogP contribution in [0.25, 0.3) is 0 Å². The SMILES string of the molecule is CC(Oc1cccc(Cl)c1Cl)C(=O)NCCCN1CCNCC1.Cl. The first kappa shape index (κ1) is 21.3. The topological polar surface area (TPSA) is 53.6 Å². The third-order valence-corrected chi connectivity index (χ3v) is 4.55. The monoisotopic (exact) mass is 395 g/mol. The quantitative estimate of drug-likeness (QED) is 0.696. The van der Waals surface area contributed by atoms with E-state index in [9.17, 15) is 4.79 Å². The van der Waals surface area contributed by atoms with Crippen molar-refractivity contribution in [2.45, 2.75) is 19.4 Å². The molecule has 0 aromatic heterocycles. The van der Waals surface area contributed by atoms with Crippen LogP contribution >= 0.6 is 35.6 Å². The van der Waals surface area contributed by atoms with E-state index in [0.29, 0.717) is 22.3 Å². The van der Waals surface area contributed by atoms with E-state index < -0.39 is 6.10 Å². The van der Waals surface area contributed by atoms with Gasteiger partial charge in [-0.2, -0.15) is 0 Å². The molecule has 5 nitrogen and oxygen atoms in total. The molecular weight excluding hydrogens is 373 g/mol. The van der Waals surface area contributed by atoms with Crippen molar-refractivity contribution in [3.8, 4) is 5.75 Å². The molecule has 1 aromatic carbocycles. The third kappa shape index (κ3) is 6.65. The van der Waals surface area contributed by atoms with Crippen molar-refractivity contribution in [2.75, 3.05) is 39.3 Å². The molecule has 1 atom stereocenters. The number of ether oxygens (including phenoxy) is 1. The number of carbonyl (C=O) groups excluding carboxylic acids is 1. The van der Waals surface area contributed by atoms with Crippen LogP contribution in [0.4, 0.5) is 0 Å². The molecule has 1 aliphatic heterocycles. The summed E-state index contributed by atoms with van der Waals surface area (Å²) in [5.41, 5.74) is 0. The second-order valence-electron chi connectivity index (χ2n) is 5.55. The fourth-order valence-electron chi connectivity index (χ4n) is 2.41. The lowest BCUT2D eigenvalue weighted by Gasteiger charge is -2.27. The smallest absolute Gasteiger partial charge is 0.260 e. The molecule has 2 N–H and O–H groups in total. The summed E-state index contributed by atoms with van der Waals surface area (Å²) in [6.07, 6.45) is 0.307. The van der Waals surface area contributed by atoms with E-state index in [0.717, 1.165) is 39.1 Å². The number of rotatable bonds is 7. The van der Waals surface area contributed by atoms with Crippen molar-refractivity contribution in [2.24, 2.45) is 0 Å². The zero-order valence-electron chi connectivity index (χ0n) is 13.7. The predicted octanol–water partition coefficient (Wildman–Crippen LogP) is 2.59. The Balaban J connectivity index is 0.00000288. The first-order chi connectivity index (χ1) is 11.1. The Kier molecular flexibility index (Phi) is 9.78. The standard InChI is InChI=1S/C16H23Cl2N3O2.ClH/c1-12(23-14-5-2-4-13(17)15(14)18)16(22)20-6-3-9-21-10-7-19-8-11-21;/h2,4-5,12,19H,3,6-11H2,1H3,(H,20,22);1H. The molecule has 1 aromatic rings. The summed E-state index contributed by atoms with van der Waals surface area (Å²) in [6.45, 7) is 7.55. The van der Waals surface area contributed by atoms with Crippen molar-refractivity contribution in [3.05, 3.63) is 28.2 Å². The maximum Gasteiger partial charge on any atom is 0.260 e. The highest BCUT2D eigenvalue weighted by molar-refractivity contribution is 6.42. The van der Waals surface area contributed by atoms with Gasteiger partial charge in [-0.05, 0) is 32.0 Å². The number of amides is 1. The molecule has 8 heteroatoms. The second kappa shape index (κ2) is 11.0. The summed E-state index contributed by atoms with van der Waals surface area (Å²) in [6, 6.07) is 5.11. The Morgan fingerprint density at radius 1 is 1.38 bits per heavy atom. The molecule has 0 bridgehead atoms. The van der Waals surface area contributed by atoms with Gasteiger partial charge in [-0.1, -0.05) is 29.3 Å². The molecule has 0 aliphatic carbocycles. The second-order valence-corrected chi connectivity index (χ2v) is 6.33. The molecule has 0 spiro atoms. The van der Waals surface area contributed by atoms with Crippen LogP contribution in [0.15, 0.2) is 18.2 Å². The average molecular weight is 397 g/mol. The highest BCUT2D eigenvalue weighted by Crippen LogP contribution is 2.32. The van der Waals surface area contributed by atoms with E-state index in [2.05, 4.69) is 15.5 Å². The van der Waals surface area contributed by atoms with Gasteiger partial charge in [0.25, 0.3) is 5.91 Å². The van der Waals surface area contributed by atoms with Gasteiger partial charge in [-0.3, -0.25) is 4.79 Å². The van der Waals surface area contributed by atoms with Gasteiger partial charge in [0.1, 0.15) is 10.8 Å². The van der Waals surface area contributed by atoms with Crippen LogP contribution in [0.5, 0.6) is 5.75 Å². The highest BCUT2D eigenvalue weighted by atomic mass is 35.5. The summed E-state index contributed by atoms with van der Waals surface area (Å²) < 4.78 is 5.59. The first-order valence-electron chi connectivity index (χ1n) is 7.89. The summed E-state index contributed by atoms with van der Waals surface area (Å²) in [5.74, 6) is 0.268. The Morgan fingerprint density at radius 3 is 2.79 bits per heavy atom. The van der Waals surface area contributed by atoms with Crippen molar-refractivity contribution < 1.29 is 9.53 Å². The molecule has 1 unspecified atom stereocenters. The number of hydrogen-bond donors (Lipinski definition) is 2. The minimum absolute atomic E-state index is 0. The van der Waals surface area contributed by atoms with E-state index in [-0.39, 0.29) is 18.3 Å². The Bertz CT molecular complexity index is 525. The number of hydrogen-bond acceptors (Lipinski definition) is 4. The van der Waals surface area contributed by atoms with E-state index >= 15 is 0 Å². The minimum atomic E-state index is -0.620. The Morgan fingerprint density at radius 2 is 2.08 bits per heavy atom. The van der Waals surface area contributed by atoms with Gasteiger partial charge in [0, 0.05) is 32.7 Å². The molecular formula is C16H24Cl3N3O2. The van der Waals surface area contributed by atoms with Gasteiger partial charge < -0.3 is 20.3 Å². The lowest BCUT2D eigenvalue weighted by Crippen LogP contribution is -2.44. The van der Waals surface area contributed by atoms with Crippen LogP contribution in [0.1, 0.15) is 13.3 Å². The van der Waals surface area contributed by atoms with E-state index in [1.54, 1.807) is 25.1 Å². The van der Waals surface area contributed by atoms with E-state index in [1.807, 2.05) is 0 Å². The number of halogens is 3. The van der Waals surface area contributed by atoms with E-state index in [4.69, 9.17) is 27.9 Å². The van der Waals surface area contributed by atoms with Crippen molar-refractivity contribution >= 4 is 41.5 Å². The van der Waals surface area contributed by atoms with Crippen molar-refractivity contribution in [3.63, 3.8) is 0 Å². The normalized spacial score (nSPS) is 16.1. The number of nitrogens with zero attached hydrogens (tertiary/aromatic N) is 1. The van der Waals surface area contributed by atoms with Crippen molar-refractivity contribution in [1.82, 2.24) is 15.5 Å². The molecule has 1 fully saturated rings. The molecule has 1 heterocycles. The molecule has 2 rings (SSSR count). The molecule has 136 valence electrons. The molecule has 1 saturated heterocycles. The van der Waals surface area contributed by atoms with E-state index in [1.165, 1.54) is 0 Å². The lowest BCUT2D eigenvalue weighted by atomic mass is 10.3. The number of piperazine rings is 1. The zero-order chi connectivity index (χ0) is 16.7. The molecule has 1 aliphatic rings. The van der Waals surface area contributed by atoms with Crippen LogP contribution < -0.4 is 15.4 Å². The van der Waals surface area contributed by atoms with Gasteiger partial charge in [0.05, 0.1) is 5.02 Å². The number of carbonyl (C=O) groups is 1. The van der Waals surface area contributed by atoms with Gasteiger partial charge in [0.2, 0.25) is 0 Å². The largest absolute Gasteiger partial charge is 0.479 e. The maximum absolute atomic E-state index is 12.1. The summed E-state index contributed by atoms with van der Waals surface area (Å²) in [5, 5.41) is 6.95. The fraction of sp³-hybridized carbons (Fsp3) is 0.562. The number of benzene rings is 1. The van der Waals surface area contributed by atoms with Crippen LogP contribution in [-0.4, -0.2) is 56.2 Å². The average Bonchev–Trinajstić information content (AvgIpc) is 2.56. The molecule has 0 saturated carbocycles. The summed E-state index contributed by atoms with van der Waals surface area (Å²) >= 11 is 12.0. The fourth-order valence-corrected chi connectivity index (χ4v) is 2.75. The lowest BCUT2D eigenvalue weighted by molar-refractivity contribution is -0.127. The van der Waals surface area contributed by atoms with Crippen LogP contribution in [0.2, 0.25) is 10.0 Å². The van der Waals surface area contributed by atoms with Gasteiger partial charge in [0.15, 0.2) is 6.10 Å². The molecule has 0 radical (unpaired) electrons. The van der Waals surface area contributed by atoms with Gasteiger partial charge in [-0.15, -0.1) is 12.4 Å². The zero-order valence-corrected chi connectivity index (χ0v) is 16.0. The highest BCUT2D eigenvalue weighted by Gasteiger charge is 2.16. The van der Waals surface area contributed by atoms with Gasteiger partial charge in [-0.25, -0.2) is 0 Å². The molecule has 24 heavy (non-hydrogen) atoms. The van der Waals surface area contributed by atoms with Crippen LogP contribution in [0, 0.1) is 0 Å². The third-order valence-electron chi connectivity index (χ3n) is 3.75. The summed E-state index contributed by atoms with van der Waals surface area (Å²) in [4.78, 5) is 14.5.